The number of carbonyl (C=O) groups excluding carboxylic acids is 4. The number of hydrogen-bond acceptors (Lipinski definition) is 9. The lowest BCUT2D eigenvalue weighted by Gasteiger charge is -2.35. The van der Waals surface area contributed by atoms with Crippen molar-refractivity contribution in [2.24, 2.45) is 0 Å². The Labute approximate surface area is 241 Å². The Kier molecular flexibility index (Phi) is 7.25. The average molecular weight is 577 g/mol. The molecule has 0 spiro atoms. The number of cyclic esters (lactones) is 1. The van der Waals surface area contributed by atoms with E-state index in [4.69, 9.17) is 19.2 Å². The van der Waals surface area contributed by atoms with E-state index in [1.54, 1.807) is 38.3 Å². The van der Waals surface area contributed by atoms with Gasteiger partial charge in [0.15, 0.2) is 0 Å². The molecule has 2 N–H and O–H groups in total. The van der Waals surface area contributed by atoms with Crippen LogP contribution >= 0.6 is 0 Å². The van der Waals surface area contributed by atoms with Gasteiger partial charge in [0.25, 0.3) is 5.56 Å². The van der Waals surface area contributed by atoms with E-state index in [1.165, 1.54) is 6.92 Å². The van der Waals surface area contributed by atoms with Crippen molar-refractivity contribution in [2.75, 3.05) is 6.54 Å². The zero-order valence-electron chi connectivity index (χ0n) is 24.0. The van der Waals surface area contributed by atoms with Gasteiger partial charge in [0, 0.05) is 16.5 Å². The molecule has 2 aliphatic rings. The van der Waals surface area contributed by atoms with E-state index < -0.39 is 47.7 Å². The molecule has 2 aliphatic heterocycles. The highest BCUT2D eigenvalue weighted by atomic mass is 16.6. The molecule has 220 valence electrons. The van der Waals surface area contributed by atoms with Gasteiger partial charge in [0.05, 0.1) is 29.0 Å². The molecule has 2 aromatic heterocycles. The van der Waals surface area contributed by atoms with Crippen LogP contribution in [-0.4, -0.2) is 51.7 Å². The van der Waals surface area contributed by atoms with Gasteiger partial charge in [-0.2, -0.15) is 0 Å². The third kappa shape index (κ3) is 5.19. The number of pyridine rings is 2. The van der Waals surface area contributed by atoms with E-state index in [-0.39, 0.29) is 29.7 Å². The summed E-state index contributed by atoms with van der Waals surface area (Å²) in [6, 6.07) is 10.3. The summed E-state index contributed by atoms with van der Waals surface area (Å²) in [5.41, 5.74) is 0.180. The number of para-hydroxylation sites is 1. The van der Waals surface area contributed by atoms with Gasteiger partial charge >= 0.3 is 18.0 Å². The fourth-order valence-corrected chi connectivity index (χ4v) is 5.18. The lowest BCUT2D eigenvalue weighted by molar-refractivity contribution is -0.189. The summed E-state index contributed by atoms with van der Waals surface area (Å²) in [6.45, 7) is 7.58. The van der Waals surface area contributed by atoms with E-state index in [1.807, 2.05) is 30.3 Å². The maximum absolute atomic E-state index is 13.6. The first-order chi connectivity index (χ1) is 19.8. The van der Waals surface area contributed by atoms with Crippen molar-refractivity contribution in [2.45, 2.75) is 71.4 Å². The molecule has 2 amide bonds. The molecule has 4 heterocycles. The zero-order chi connectivity index (χ0) is 30.4. The van der Waals surface area contributed by atoms with Crippen LogP contribution in [0.3, 0.4) is 0 Å². The second kappa shape index (κ2) is 10.6. The third-order valence-corrected chi connectivity index (χ3v) is 7.21. The number of hydrogen-bond donors (Lipinski definition) is 2. The molecule has 0 bridgehead atoms. The van der Waals surface area contributed by atoms with Crippen molar-refractivity contribution < 1.29 is 33.4 Å². The van der Waals surface area contributed by atoms with Gasteiger partial charge in [-0.3, -0.25) is 14.4 Å². The quantitative estimate of drug-likeness (QED) is 0.260. The molecule has 3 aromatic rings. The molecular weight excluding hydrogens is 544 g/mol. The van der Waals surface area contributed by atoms with Crippen LogP contribution in [0, 0.1) is 0 Å². The second-order valence-electron chi connectivity index (χ2n) is 11.3. The van der Waals surface area contributed by atoms with Crippen molar-refractivity contribution in [1.82, 2.24) is 20.2 Å². The van der Waals surface area contributed by atoms with Crippen molar-refractivity contribution in [1.29, 1.82) is 0 Å². The van der Waals surface area contributed by atoms with E-state index in [0.717, 1.165) is 16.5 Å². The summed E-state index contributed by atoms with van der Waals surface area (Å²) in [4.78, 5) is 69.0. The summed E-state index contributed by atoms with van der Waals surface area (Å²) >= 11 is 0. The van der Waals surface area contributed by atoms with Crippen LogP contribution in [0.2, 0.25) is 0 Å². The number of nitrogens with one attached hydrogen (secondary N) is 2. The van der Waals surface area contributed by atoms with Gasteiger partial charge < -0.3 is 29.4 Å². The number of carbonyl (C=O) groups is 4. The number of nitrogens with zero attached hydrogens (tertiary/aromatic N) is 2. The molecule has 12 heteroatoms. The number of aromatic nitrogens is 2. The third-order valence-electron chi connectivity index (χ3n) is 7.21. The highest BCUT2D eigenvalue weighted by molar-refractivity contribution is 5.91. The lowest BCUT2D eigenvalue weighted by Crippen LogP contribution is -2.50. The summed E-state index contributed by atoms with van der Waals surface area (Å²) in [5.74, 6) is -2.41. The van der Waals surface area contributed by atoms with Crippen molar-refractivity contribution >= 4 is 34.8 Å². The molecule has 0 saturated heterocycles. The summed E-state index contributed by atoms with van der Waals surface area (Å²) in [6.07, 6.45) is -0.808. The topological polar surface area (TPSA) is 155 Å². The Morgan fingerprint density at radius 1 is 1.17 bits per heavy atom. The minimum absolute atomic E-state index is 0.0178. The number of rotatable bonds is 6. The molecule has 0 unspecified atom stereocenters. The summed E-state index contributed by atoms with van der Waals surface area (Å²) in [7, 11) is 0. The van der Waals surface area contributed by atoms with E-state index >= 15 is 0 Å². The predicted octanol–water partition coefficient (Wildman–Crippen LogP) is 2.66. The first-order valence-electron chi connectivity index (χ1n) is 13.7. The Morgan fingerprint density at radius 3 is 2.62 bits per heavy atom. The minimum Gasteiger partial charge on any atom is -0.457 e. The number of alkyl carbamates (subject to hydrolysis) is 1. The van der Waals surface area contributed by atoms with Crippen LogP contribution in [0.4, 0.5) is 4.79 Å². The summed E-state index contributed by atoms with van der Waals surface area (Å²) in [5, 5.41) is 5.72. The monoisotopic (exact) mass is 576 g/mol. The fraction of sp³-hybridized carbons (Fsp3) is 0.400. The van der Waals surface area contributed by atoms with E-state index in [0.29, 0.717) is 17.9 Å². The molecule has 42 heavy (non-hydrogen) atoms. The normalized spacial score (nSPS) is 17.8. The predicted molar refractivity (Wildman–Crippen MR) is 150 cm³/mol. The van der Waals surface area contributed by atoms with Crippen LogP contribution in [0.15, 0.2) is 41.2 Å². The number of benzene rings is 1. The highest BCUT2D eigenvalue weighted by Gasteiger charge is 2.50. The van der Waals surface area contributed by atoms with Gasteiger partial charge in [-0.25, -0.2) is 14.6 Å². The smallest absolute Gasteiger partial charge is 0.408 e. The second-order valence-corrected chi connectivity index (χ2v) is 11.3. The van der Waals surface area contributed by atoms with Crippen molar-refractivity contribution in [3.05, 3.63) is 63.4 Å². The SMILES string of the molecule is CC[C@@]1(OC(=O)CNC(=O)[C@H](C)NC(=O)OC(C)(C)C)C(=O)OCc2c1cc1n(c2=O)Cc2cc3ccccc3nc2-1. The number of esters is 2. The first-order valence-corrected chi connectivity index (χ1v) is 13.7. The van der Waals surface area contributed by atoms with Crippen LogP contribution < -0.4 is 16.2 Å². The first kappa shape index (κ1) is 28.8. The minimum atomic E-state index is -1.90. The molecule has 1 aromatic carbocycles. The van der Waals surface area contributed by atoms with Crippen LogP contribution in [0.5, 0.6) is 0 Å². The van der Waals surface area contributed by atoms with Crippen LogP contribution in [0.1, 0.15) is 57.7 Å². The van der Waals surface area contributed by atoms with Gasteiger partial charge in [0.1, 0.15) is 24.8 Å². The molecule has 5 rings (SSSR count). The highest BCUT2D eigenvalue weighted by Crippen LogP contribution is 2.40. The summed E-state index contributed by atoms with van der Waals surface area (Å²) < 4.78 is 17.8. The molecule has 12 nitrogen and oxygen atoms in total. The molecule has 2 atom stereocenters. The molecule has 0 fully saturated rings. The average Bonchev–Trinajstić information content (AvgIpc) is 3.28. The van der Waals surface area contributed by atoms with Crippen molar-refractivity contribution in [3.8, 4) is 11.4 Å². The van der Waals surface area contributed by atoms with E-state index in [2.05, 4.69) is 10.6 Å². The lowest BCUT2D eigenvalue weighted by atomic mass is 9.85. The molecular formula is C30H32N4O8. The number of fused-ring (bicyclic) bond motifs is 5. The van der Waals surface area contributed by atoms with Crippen LogP contribution in [0.25, 0.3) is 22.3 Å². The van der Waals surface area contributed by atoms with Gasteiger partial charge in [-0.1, -0.05) is 25.1 Å². The van der Waals surface area contributed by atoms with Crippen molar-refractivity contribution in [3.63, 3.8) is 0 Å². The standard InChI is InChI=1S/C30H32N4O8/c1-6-30(41-23(35)13-31-25(36)16(2)32-28(39)42-29(3,4)5)20-12-22-24-18(11-17-9-7-8-10-21(17)33-24)14-34(22)26(37)19(20)15-40-27(30)38/h7-12,16H,6,13-15H2,1-5H3,(H,31,36)(H,32,39)/t16-,30-/m0/s1. The molecule has 0 aliphatic carbocycles. The molecule has 0 radical (unpaired) electrons. The van der Waals surface area contributed by atoms with E-state index in [9.17, 15) is 24.0 Å². The van der Waals surface area contributed by atoms with Gasteiger partial charge in [-0.15, -0.1) is 0 Å². The number of amides is 2. The Morgan fingerprint density at radius 2 is 1.90 bits per heavy atom. The molecule has 0 saturated carbocycles. The maximum atomic E-state index is 13.6. The van der Waals surface area contributed by atoms with Crippen LogP contribution in [-0.2, 0) is 47.3 Å². The zero-order valence-corrected chi connectivity index (χ0v) is 24.0. The largest absolute Gasteiger partial charge is 0.457 e. The van der Waals surface area contributed by atoms with Gasteiger partial charge in [0.2, 0.25) is 11.5 Å². The maximum Gasteiger partial charge on any atom is 0.408 e. The Hall–Kier alpha value is -4.74. The fourth-order valence-electron chi connectivity index (χ4n) is 5.18. The Balaban J connectivity index is 1.39. The van der Waals surface area contributed by atoms with Gasteiger partial charge in [-0.05, 0) is 52.3 Å². The Bertz CT molecular complexity index is 1690. The number of ether oxygens (including phenoxy) is 3.